The topological polar surface area (TPSA) is 24.1 Å². The van der Waals surface area contributed by atoms with E-state index in [-0.39, 0.29) is 0 Å². The molecule has 2 N–H and O–H groups in total. The average Bonchev–Trinajstić information content (AvgIpc) is 2.46. The molecule has 0 saturated heterocycles. The molecule has 5 heteroatoms. The van der Waals surface area contributed by atoms with Crippen LogP contribution in [-0.4, -0.2) is 23.5 Å². The second-order valence-electron chi connectivity index (χ2n) is 5.04. The summed E-state index contributed by atoms with van der Waals surface area (Å²) in [7, 11) is 0. The van der Waals surface area contributed by atoms with Crippen molar-refractivity contribution >= 4 is 40.7 Å². The van der Waals surface area contributed by atoms with Crippen molar-refractivity contribution in [1.82, 2.24) is 10.6 Å². The molecule has 0 atom stereocenters. The number of halogens is 1. The fraction of sp³-hybridized carbons (Fsp3) is 0.533. The summed E-state index contributed by atoms with van der Waals surface area (Å²) >= 11 is 13.0. The Morgan fingerprint density at radius 1 is 1.20 bits per heavy atom. The molecular weight excluding hydrogens is 308 g/mol. The summed E-state index contributed by atoms with van der Waals surface area (Å²) in [6.07, 6.45) is 6.53. The molecule has 1 aromatic carbocycles. The van der Waals surface area contributed by atoms with Crippen molar-refractivity contribution in [3.63, 3.8) is 0 Å². The van der Waals surface area contributed by atoms with E-state index in [2.05, 4.69) is 10.6 Å². The molecule has 1 aliphatic carbocycles. The second-order valence-corrected chi connectivity index (χ2v) is 7.05. The smallest absolute Gasteiger partial charge is 0.166 e. The molecule has 2 nitrogen and oxygen atoms in total. The van der Waals surface area contributed by atoms with E-state index in [9.17, 15) is 0 Å². The van der Waals surface area contributed by atoms with Crippen LogP contribution in [0, 0.1) is 0 Å². The lowest BCUT2D eigenvalue weighted by Crippen LogP contribution is -2.43. The highest BCUT2D eigenvalue weighted by Crippen LogP contribution is 2.19. The highest BCUT2D eigenvalue weighted by atomic mass is 35.5. The molecule has 1 fully saturated rings. The van der Waals surface area contributed by atoms with Crippen LogP contribution in [0.1, 0.15) is 32.1 Å². The molecule has 20 heavy (non-hydrogen) atoms. The number of thioether (sulfide) groups is 1. The van der Waals surface area contributed by atoms with Gasteiger partial charge < -0.3 is 10.6 Å². The highest BCUT2D eigenvalue weighted by Gasteiger charge is 2.13. The average molecular weight is 329 g/mol. The van der Waals surface area contributed by atoms with E-state index in [1.807, 2.05) is 36.0 Å². The van der Waals surface area contributed by atoms with Gasteiger partial charge in [0, 0.05) is 28.3 Å². The Morgan fingerprint density at radius 3 is 2.60 bits per heavy atom. The molecule has 1 aliphatic rings. The third kappa shape index (κ3) is 5.90. The normalized spacial score (nSPS) is 15.8. The maximum Gasteiger partial charge on any atom is 0.166 e. The van der Waals surface area contributed by atoms with Crippen LogP contribution >= 0.6 is 35.6 Å². The van der Waals surface area contributed by atoms with Crippen LogP contribution in [0.5, 0.6) is 0 Å². The number of thiocarbonyl (C=S) groups is 1. The molecule has 1 saturated carbocycles. The Hall–Kier alpha value is -0.450. The minimum Gasteiger partial charge on any atom is -0.362 e. The van der Waals surface area contributed by atoms with Gasteiger partial charge in [0.1, 0.15) is 0 Å². The first-order chi connectivity index (χ1) is 9.74. The van der Waals surface area contributed by atoms with Gasteiger partial charge >= 0.3 is 0 Å². The van der Waals surface area contributed by atoms with Gasteiger partial charge in [-0.3, -0.25) is 0 Å². The molecule has 0 unspecified atom stereocenters. The quantitative estimate of drug-likeness (QED) is 0.480. The molecule has 0 bridgehead atoms. The summed E-state index contributed by atoms with van der Waals surface area (Å²) in [6, 6.07) is 8.52. The predicted octanol–water partition coefficient (Wildman–Crippen LogP) is 4.23. The van der Waals surface area contributed by atoms with Gasteiger partial charge in [0.15, 0.2) is 5.11 Å². The van der Waals surface area contributed by atoms with Crippen LogP contribution in [0.2, 0.25) is 5.02 Å². The van der Waals surface area contributed by atoms with E-state index in [0.29, 0.717) is 6.04 Å². The van der Waals surface area contributed by atoms with Gasteiger partial charge in [-0.15, -0.1) is 11.8 Å². The first-order valence-electron chi connectivity index (χ1n) is 7.17. The molecule has 0 amide bonds. The van der Waals surface area contributed by atoms with E-state index in [4.69, 9.17) is 23.8 Å². The summed E-state index contributed by atoms with van der Waals surface area (Å²) in [4.78, 5) is 1.24. The Labute approximate surface area is 136 Å². The van der Waals surface area contributed by atoms with Gasteiger partial charge in [0.25, 0.3) is 0 Å². The molecule has 1 aromatic rings. The molecule has 0 heterocycles. The number of nitrogens with one attached hydrogen (secondary N) is 2. The SMILES string of the molecule is S=C(NCCSc1ccc(Cl)cc1)NC1CCCCC1. The highest BCUT2D eigenvalue weighted by molar-refractivity contribution is 7.99. The summed E-state index contributed by atoms with van der Waals surface area (Å²) in [5, 5.41) is 8.29. The van der Waals surface area contributed by atoms with E-state index in [1.165, 1.54) is 37.0 Å². The maximum absolute atomic E-state index is 5.86. The second kappa shape index (κ2) is 8.75. The summed E-state index contributed by atoms with van der Waals surface area (Å²) in [5.74, 6) is 0.994. The van der Waals surface area contributed by atoms with Crippen LogP contribution < -0.4 is 10.6 Å². The van der Waals surface area contributed by atoms with Crippen molar-refractivity contribution in [2.75, 3.05) is 12.3 Å². The van der Waals surface area contributed by atoms with Crippen LogP contribution in [0.3, 0.4) is 0 Å². The lowest BCUT2D eigenvalue weighted by Gasteiger charge is -2.24. The summed E-state index contributed by atoms with van der Waals surface area (Å²) in [6.45, 7) is 0.881. The minimum absolute atomic E-state index is 0.577. The lowest BCUT2D eigenvalue weighted by atomic mass is 9.96. The zero-order valence-corrected chi connectivity index (χ0v) is 13.9. The zero-order valence-electron chi connectivity index (χ0n) is 11.5. The lowest BCUT2D eigenvalue weighted by molar-refractivity contribution is 0.412. The Kier molecular flexibility index (Phi) is 6.97. The Morgan fingerprint density at radius 2 is 1.90 bits per heavy atom. The number of hydrogen-bond donors (Lipinski definition) is 2. The molecule has 2 rings (SSSR count). The minimum atomic E-state index is 0.577. The summed E-state index contributed by atoms with van der Waals surface area (Å²) in [5.41, 5.74) is 0. The number of hydrogen-bond acceptors (Lipinski definition) is 2. The van der Waals surface area contributed by atoms with Crippen LogP contribution in [-0.2, 0) is 0 Å². The molecule has 110 valence electrons. The Bertz CT molecular complexity index is 416. The van der Waals surface area contributed by atoms with Crippen molar-refractivity contribution in [1.29, 1.82) is 0 Å². The van der Waals surface area contributed by atoms with E-state index in [0.717, 1.165) is 22.4 Å². The van der Waals surface area contributed by atoms with Gasteiger partial charge in [0.2, 0.25) is 0 Å². The first kappa shape index (κ1) is 15.9. The third-order valence-electron chi connectivity index (χ3n) is 3.41. The van der Waals surface area contributed by atoms with Crippen LogP contribution in [0.25, 0.3) is 0 Å². The predicted molar refractivity (Wildman–Crippen MR) is 92.8 cm³/mol. The zero-order chi connectivity index (χ0) is 14.2. The van der Waals surface area contributed by atoms with Crippen LogP contribution in [0.15, 0.2) is 29.2 Å². The van der Waals surface area contributed by atoms with Gasteiger partial charge in [0.05, 0.1) is 0 Å². The van der Waals surface area contributed by atoms with E-state index in [1.54, 1.807) is 0 Å². The van der Waals surface area contributed by atoms with Gasteiger partial charge in [-0.05, 0) is 49.3 Å². The van der Waals surface area contributed by atoms with Gasteiger partial charge in [-0.25, -0.2) is 0 Å². The van der Waals surface area contributed by atoms with Crippen molar-refractivity contribution in [3.05, 3.63) is 29.3 Å². The van der Waals surface area contributed by atoms with Gasteiger partial charge in [-0.1, -0.05) is 30.9 Å². The van der Waals surface area contributed by atoms with Crippen molar-refractivity contribution in [2.45, 2.75) is 43.0 Å². The maximum atomic E-state index is 5.86. The largest absolute Gasteiger partial charge is 0.362 e. The van der Waals surface area contributed by atoms with Gasteiger partial charge in [-0.2, -0.15) is 0 Å². The number of rotatable bonds is 5. The van der Waals surface area contributed by atoms with Crippen molar-refractivity contribution in [2.24, 2.45) is 0 Å². The fourth-order valence-electron chi connectivity index (χ4n) is 2.35. The molecule has 0 radical (unpaired) electrons. The third-order valence-corrected chi connectivity index (χ3v) is 4.94. The Balaban J connectivity index is 1.58. The molecule has 0 aliphatic heterocycles. The standard InChI is InChI=1S/C15H21ClN2S2/c16-12-6-8-14(9-7-12)20-11-10-17-15(19)18-13-4-2-1-3-5-13/h6-9,13H,1-5,10-11H2,(H2,17,18,19). The van der Waals surface area contributed by atoms with Crippen LogP contribution in [0.4, 0.5) is 0 Å². The van der Waals surface area contributed by atoms with Crippen molar-refractivity contribution < 1.29 is 0 Å². The van der Waals surface area contributed by atoms with E-state index >= 15 is 0 Å². The monoisotopic (exact) mass is 328 g/mol. The van der Waals surface area contributed by atoms with Crippen molar-refractivity contribution in [3.8, 4) is 0 Å². The molecular formula is C15H21ClN2S2. The molecule has 0 aromatic heterocycles. The summed E-state index contributed by atoms with van der Waals surface area (Å²) < 4.78 is 0. The number of benzene rings is 1. The van der Waals surface area contributed by atoms with E-state index < -0.39 is 0 Å². The molecule has 0 spiro atoms. The first-order valence-corrected chi connectivity index (χ1v) is 8.94. The fourth-order valence-corrected chi connectivity index (χ4v) is 3.51.